The van der Waals surface area contributed by atoms with Crippen molar-refractivity contribution < 1.29 is 27.9 Å². The number of carbonyl (C=O) groups is 2. The Kier molecular flexibility index (Phi) is 4.09. The van der Waals surface area contributed by atoms with Crippen LogP contribution in [0, 0.1) is 18.8 Å². The number of aliphatic carboxylic acids is 1. The number of aryl methyl sites for hydroxylation is 1. The number of aromatic nitrogens is 1. The summed E-state index contributed by atoms with van der Waals surface area (Å²) >= 11 is 0. The van der Waals surface area contributed by atoms with Crippen LogP contribution in [-0.2, 0) is 4.79 Å². The van der Waals surface area contributed by atoms with E-state index >= 15 is 0 Å². The van der Waals surface area contributed by atoms with E-state index in [1.165, 1.54) is 0 Å². The van der Waals surface area contributed by atoms with Crippen molar-refractivity contribution in [1.82, 2.24) is 9.88 Å². The zero-order valence-electron chi connectivity index (χ0n) is 13.2. The van der Waals surface area contributed by atoms with Crippen LogP contribution in [0.2, 0.25) is 0 Å². The highest BCUT2D eigenvalue weighted by Gasteiger charge is 2.53. The predicted molar refractivity (Wildman–Crippen MR) is 84.3 cm³/mol. The summed E-state index contributed by atoms with van der Waals surface area (Å²) in [5.41, 5.74) is 1.99. The smallest absolute Gasteiger partial charge is 0.394 e. The van der Waals surface area contributed by atoms with Crippen molar-refractivity contribution in [2.75, 3.05) is 18.4 Å². The summed E-state index contributed by atoms with van der Waals surface area (Å²) in [4.78, 5) is 27.3. The molecular formula is C16H16F3N3O3. The fraction of sp³-hybridized carbons (Fsp3) is 0.375. The Morgan fingerprint density at radius 1 is 1.32 bits per heavy atom. The number of likely N-dealkylation sites (tertiary alicyclic amines) is 1. The Bertz CT molecular complexity index is 831. The molecule has 1 aromatic heterocycles. The highest BCUT2D eigenvalue weighted by molar-refractivity contribution is 5.94. The summed E-state index contributed by atoms with van der Waals surface area (Å²) in [7, 11) is 0. The molecule has 1 aromatic carbocycles. The number of amides is 2. The van der Waals surface area contributed by atoms with Gasteiger partial charge in [0.15, 0.2) is 0 Å². The van der Waals surface area contributed by atoms with Crippen LogP contribution < -0.4 is 5.32 Å². The van der Waals surface area contributed by atoms with Gasteiger partial charge in [0.2, 0.25) is 0 Å². The molecule has 0 bridgehead atoms. The number of nitrogens with zero attached hydrogens (tertiary/aromatic N) is 1. The van der Waals surface area contributed by atoms with Gasteiger partial charge in [-0.3, -0.25) is 4.79 Å². The number of carboxylic acids is 1. The highest BCUT2D eigenvalue weighted by atomic mass is 19.4. The number of hydrogen-bond acceptors (Lipinski definition) is 2. The minimum atomic E-state index is -4.67. The third kappa shape index (κ3) is 3.26. The van der Waals surface area contributed by atoms with Gasteiger partial charge < -0.3 is 20.3 Å². The van der Waals surface area contributed by atoms with Crippen molar-refractivity contribution in [3.05, 3.63) is 30.0 Å². The minimum Gasteiger partial charge on any atom is -0.481 e. The van der Waals surface area contributed by atoms with Crippen molar-refractivity contribution in [2.45, 2.75) is 13.1 Å². The van der Waals surface area contributed by atoms with Gasteiger partial charge in [0.1, 0.15) is 0 Å². The molecule has 0 unspecified atom stereocenters. The van der Waals surface area contributed by atoms with Gasteiger partial charge in [-0.15, -0.1) is 0 Å². The lowest BCUT2D eigenvalue weighted by Gasteiger charge is -2.19. The van der Waals surface area contributed by atoms with E-state index in [1.54, 1.807) is 19.2 Å². The van der Waals surface area contributed by atoms with Gasteiger partial charge in [0, 0.05) is 30.5 Å². The number of halogens is 3. The largest absolute Gasteiger partial charge is 0.481 e. The molecule has 3 N–H and O–H groups in total. The number of anilines is 1. The molecule has 2 aromatic rings. The quantitative estimate of drug-likeness (QED) is 0.773. The zero-order valence-corrected chi connectivity index (χ0v) is 13.2. The van der Waals surface area contributed by atoms with E-state index in [1.807, 2.05) is 12.1 Å². The molecule has 0 spiro atoms. The van der Waals surface area contributed by atoms with Crippen molar-refractivity contribution in [3.63, 3.8) is 0 Å². The minimum absolute atomic E-state index is 0.460. The number of aromatic amines is 1. The molecule has 1 aliphatic heterocycles. The normalized spacial score (nSPS) is 20.9. The van der Waals surface area contributed by atoms with Crippen molar-refractivity contribution in [2.24, 2.45) is 11.8 Å². The number of hydrogen-bond donors (Lipinski definition) is 3. The molecule has 6 nitrogen and oxygen atoms in total. The number of nitrogens with one attached hydrogen (secondary N) is 2. The summed E-state index contributed by atoms with van der Waals surface area (Å²) in [6.07, 6.45) is -2.93. The van der Waals surface area contributed by atoms with Crippen LogP contribution in [-0.4, -0.2) is 46.3 Å². The van der Waals surface area contributed by atoms with Gasteiger partial charge in [-0.2, -0.15) is 13.2 Å². The second kappa shape index (κ2) is 5.98. The van der Waals surface area contributed by atoms with E-state index in [9.17, 15) is 22.8 Å². The van der Waals surface area contributed by atoms with Gasteiger partial charge in [0.25, 0.3) is 0 Å². The van der Waals surface area contributed by atoms with Crippen molar-refractivity contribution in [3.8, 4) is 0 Å². The number of benzene rings is 1. The lowest BCUT2D eigenvalue weighted by molar-refractivity contribution is -0.187. The fourth-order valence-corrected chi connectivity index (χ4v) is 3.09. The number of carboxylic acid groups (broad SMARTS) is 1. The number of fused-ring (bicyclic) bond motifs is 1. The number of H-pyrrole nitrogens is 1. The third-order valence-electron chi connectivity index (χ3n) is 4.48. The van der Waals surface area contributed by atoms with E-state index < -0.39 is 43.1 Å². The Hall–Kier alpha value is -2.71. The summed E-state index contributed by atoms with van der Waals surface area (Å²) in [5.74, 6) is -5.28. The van der Waals surface area contributed by atoms with Gasteiger partial charge in [-0.25, -0.2) is 4.79 Å². The van der Waals surface area contributed by atoms with Crippen LogP contribution in [0.5, 0.6) is 0 Å². The Labute approximate surface area is 140 Å². The van der Waals surface area contributed by atoms with E-state index in [2.05, 4.69) is 10.3 Å². The lowest BCUT2D eigenvalue weighted by atomic mass is 9.96. The summed E-state index contributed by atoms with van der Waals surface area (Å²) in [6.45, 7) is 0.621. The molecule has 2 atom stereocenters. The number of urea groups is 1. The molecule has 1 aliphatic rings. The molecule has 9 heteroatoms. The highest BCUT2D eigenvalue weighted by Crippen LogP contribution is 2.38. The summed E-state index contributed by atoms with van der Waals surface area (Å²) in [5, 5.41) is 12.5. The molecule has 1 fully saturated rings. The van der Waals surface area contributed by atoms with Crippen LogP contribution in [0.15, 0.2) is 24.4 Å². The van der Waals surface area contributed by atoms with Crippen LogP contribution in [0.25, 0.3) is 10.9 Å². The maximum atomic E-state index is 13.0. The standard InChI is InChI=1S/C16H16F3N3O3/c1-8-4-9-2-3-20-13(9)5-12(8)21-15(25)22-6-10(14(23)24)11(7-22)16(17,18)19/h2-5,10-11,20H,6-7H2,1H3,(H,21,25)(H,23,24)/t10-,11-/m1/s1. The molecule has 25 heavy (non-hydrogen) atoms. The fourth-order valence-electron chi connectivity index (χ4n) is 3.09. The maximum absolute atomic E-state index is 13.0. The molecular weight excluding hydrogens is 339 g/mol. The lowest BCUT2D eigenvalue weighted by Crippen LogP contribution is -2.35. The van der Waals surface area contributed by atoms with Gasteiger partial charge in [0.05, 0.1) is 11.8 Å². The second-order valence-corrected chi connectivity index (χ2v) is 6.16. The SMILES string of the molecule is Cc1cc2cc[nH]c2cc1NC(=O)N1C[C@@H](C(F)(F)F)[C@H](C(=O)O)C1. The van der Waals surface area contributed by atoms with E-state index in [0.29, 0.717) is 5.69 Å². The second-order valence-electron chi connectivity index (χ2n) is 6.16. The first-order valence-corrected chi connectivity index (χ1v) is 7.60. The topological polar surface area (TPSA) is 85.4 Å². The molecule has 2 heterocycles. The zero-order chi connectivity index (χ0) is 18.4. The first-order valence-electron chi connectivity index (χ1n) is 7.60. The molecule has 3 rings (SSSR count). The van der Waals surface area contributed by atoms with E-state index in [0.717, 1.165) is 21.4 Å². The van der Waals surface area contributed by atoms with Crippen molar-refractivity contribution in [1.29, 1.82) is 0 Å². The molecule has 134 valence electrons. The van der Waals surface area contributed by atoms with Crippen molar-refractivity contribution >= 4 is 28.6 Å². The van der Waals surface area contributed by atoms with Gasteiger partial charge in [-0.1, -0.05) is 0 Å². The molecule has 0 saturated carbocycles. The molecule has 1 saturated heterocycles. The predicted octanol–water partition coefficient (Wildman–Crippen LogP) is 3.20. The monoisotopic (exact) mass is 355 g/mol. The Morgan fingerprint density at radius 2 is 2.04 bits per heavy atom. The van der Waals surface area contributed by atoms with Gasteiger partial charge in [-0.05, 0) is 36.1 Å². The first-order chi connectivity index (χ1) is 11.7. The average Bonchev–Trinajstić information content (AvgIpc) is 3.13. The third-order valence-corrected chi connectivity index (χ3v) is 4.48. The van der Waals surface area contributed by atoms with Crippen LogP contribution in [0.3, 0.4) is 0 Å². The van der Waals surface area contributed by atoms with Crippen LogP contribution in [0.4, 0.5) is 23.7 Å². The van der Waals surface area contributed by atoms with Crippen LogP contribution in [0.1, 0.15) is 5.56 Å². The van der Waals surface area contributed by atoms with Crippen LogP contribution >= 0.6 is 0 Å². The van der Waals surface area contributed by atoms with E-state index in [4.69, 9.17) is 5.11 Å². The summed E-state index contributed by atoms with van der Waals surface area (Å²) < 4.78 is 39.0. The maximum Gasteiger partial charge on any atom is 0.394 e. The number of rotatable bonds is 2. The summed E-state index contributed by atoms with van der Waals surface area (Å²) in [6, 6.07) is 4.64. The first kappa shape index (κ1) is 17.1. The molecule has 2 amide bonds. The van der Waals surface area contributed by atoms with E-state index in [-0.39, 0.29) is 0 Å². The molecule has 0 aliphatic carbocycles. The number of carbonyl (C=O) groups excluding carboxylic acids is 1. The Balaban J connectivity index is 1.78. The Morgan fingerprint density at radius 3 is 2.64 bits per heavy atom. The number of alkyl halides is 3. The van der Waals surface area contributed by atoms with Gasteiger partial charge >= 0.3 is 18.2 Å². The molecule has 0 radical (unpaired) electrons. The average molecular weight is 355 g/mol.